The molecule has 0 saturated heterocycles. The third kappa shape index (κ3) is 3.48. The maximum atomic E-state index is 11.8. The van der Waals surface area contributed by atoms with E-state index in [1.54, 1.807) is 13.0 Å². The van der Waals surface area contributed by atoms with Gasteiger partial charge in [-0.05, 0) is 31.7 Å². The number of nitriles is 1. The predicted molar refractivity (Wildman–Crippen MR) is 73.5 cm³/mol. The standard InChI is InChI=1S/C14H15N3O4/c1-14(9-15,10-6-7-10)16-13(18)8-21-12-5-3-2-4-11(12)17(19)20/h2-5,10H,6-8H2,1H3,(H,16,18)/t14-/m1/s1. The number of nitro groups is 1. The number of hydrogen-bond acceptors (Lipinski definition) is 5. The van der Waals surface area contributed by atoms with E-state index in [0.717, 1.165) is 12.8 Å². The zero-order chi connectivity index (χ0) is 15.5. The first-order chi connectivity index (χ1) is 9.96. The number of benzene rings is 1. The Balaban J connectivity index is 1.96. The number of ether oxygens (including phenoxy) is 1. The summed E-state index contributed by atoms with van der Waals surface area (Å²) >= 11 is 0. The second-order valence-electron chi connectivity index (χ2n) is 5.15. The van der Waals surface area contributed by atoms with Crippen molar-refractivity contribution in [3.8, 4) is 11.8 Å². The van der Waals surface area contributed by atoms with E-state index in [1.807, 2.05) is 0 Å². The summed E-state index contributed by atoms with van der Waals surface area (Å²) in [5.41, 5.74) is -1.10. The number of amides is 1. The summed E-state index contributed by atoms with van der Waals surface area (Å²) in [5, 5.41) is 22.6. The van der Waals surface area contributed by atoms with Gasteiger partial charge in [-0.15, -0.1) is 0 Å². The second-order valence-corrected chi connectivity index (χ2v) is 5.15. The Labute approximate surface area is 121 Å². The molecule has 1 N–H and O–H groups in total. The zero-order valence-corrected chi connectivity index (χ0v) is 11.5. The molecular formula is C14H15N3O4. The van der Waals surface area contributed by atoms with Gasteiger partial charge in [0.05, 0.1) is 11.0 Å². The molecule has 1 aliphatic rings. The summed E-state index contributed by atoms with van der Waals surface area (Å²) < 4.78 is 5.19. The van der Waals surface area contributed by atoms with Crippen molar-refractivity contribution in [1.82, 2.24) is 5.32 Å². The predicted octanol–water partition coefficient (Wildman–Crippen LogP) is 1.78. The van der Waals surface area contributed by atoms with Crippen molar-refractivity contribution < 1.29 is 14.5 Å². The highest BCUT2D eigenvalue weighted by molar-refractivity contribution is 5.79. The van der Waals surface area contributed by atoms with Crippen molar-refractivity contribution in [3.63, 3.8) is 0 Å². The molecule has 0 spiro atoms. The molecule has 7 heteroatoms. The van der Waals surface area contributed by atoms with Gasteiger partial charge in [-0.3, -0.25) is 14.9 Å². The average molecular weight is 289 g/mol. The Bertz CT molecular complexity index is 606. The van der Waals surface area contributed by atoms with Crippen molar-refractivity contribution in [2.75, 3.05) is 6.61 Å². The number of nitrogens with one attached hydrogen (secondary N) is 1. The van der Waals surface area contributed by atoms with Crippen molar-refractivity contribution in [2.24, 2.45) is 5.92 Å². The van der Waals surface area contributed by atoms with Gasteiger partial charge in [0.1, 0.15) is 5.54 Å². The van der Waals surface area contributed by atoms with Crippen LogP contribution in [-0.2, 0) is 4.79 Å². The smallest absolute Gasteiger partial charge is 0.310 e. The van der Waals surface area contributed by atoms with Crippen molar-refractivity contribution in [2.45, 2.75) is 25.3 Å². The summed E-state index contributed by atoms with van der Waals surface area (Å²) in [6.07, 6.45) is 1.82. The fraction of sp³-hybridized carbons (Fsp3) is 0.429. The quantitative estimate of drug-likeness (QED) is 0.634. The fourth-order valence-corrected chi connectivity index (χ4v) is 2.08. The van der Waals surface area contributed by atoms with Crippen LogP contribution in [0.3, 0.4) is 0 Å². The molecule has 21 heavy (non-hydrogen) atoms. The maximum Gasteiger partial charge on any atom is 0.310 e. The molecule has 1 amide bonds. The topological polar surface area (TPSA) is 105 Å². The molecule has 1 aromatic rings. The molecule has 0 unspecified atom stereocenters. The van der Waals surface area contributed by atoms with Gasteiger partial charge in [0.15, 0.2) is 12.4 Å². The Morgan fingerprint density at radius 1 is 1.57 bits per heavy atom. The SMILES string of the molecule is C[C@](C#N)(NC(=O)COc1ccccc1[N+](=O)[O-])C1CC1. The number of para-hydroxylation sites is 2. The van der Waals surface area contributed by atoms with Crippen LogP contribution in [0.4, 0.5) is 5.69 Å². The lowest BCUT2D eigenvalue weighted by molar-refractivity contribution is -0.385. The van der Waals surface area contributed by atoms with Gasteiger partial charge in [-0.1, -0.05) is 12.1 Å². The van der Waals surface area contributed by atoms with Crippen LogP contribution in [-0.4, -0.2) is 23.0 Å². The number of rotatable bonds is 6. The lowest BCUT2D eigenvalue weighted by Gasteiger charge is -2.22. The first-order valence-corrected chi connectivity index (χ1v) is 6.55. The summed E-state index contributed by atoms with van der Waals surface area (Å²) in [6, 6.07) is 7.94. The highest BCUT2D eigenvalue weighted by atomic mass is 16.6. The van der Waals surface area contributed by atoms with Gasteiger partial charge in [0, 0.05) is 6.07 Å². The van der Waals surface area contributed by atoms with E-state index in [0.29, 0.717) is 0 Å². The molecule has 2 rings (SSSR count). The number of nitrogens with zero attached hydrogens (tertiary/aromatic N) is 2. The molecule has 0 radical (unpaired) electrons. The summed E-state index contributed by atoms with van der Waals surface area (Å²) in [7, 11) is 0. The molecule has 110 valence electrons. The molecule has 0 aliphatic heterocycles. The van der Waals surface area contributed by atoms with Gasteiger partial charge in [-0.25, -0.2) is 0 Å². The first kappa shape index (κ1) is 14.8. The first-order valence-electron chi connectivity index (χ1n) is 6.55. The van der Waals surface area contributed by atoms with E-state index < -0.39 is 16.4 Å². The van der Waals surface area contributed by atoms with E-state index in [4.69, 9.17) is 10.00 Å². The van der Waals surface area contributed by atoms with Gasteiger partial charge >= 0.3 is 5.69 Å². The Hall–Kier alpha value is -2.62. The van der Waals surface area contributed by atoms with Gasteiger partial charge in [0.2, 0.25) is 0 Å². The summed E-state index contributed by atoms with van der Waals surface area (Å²) in [4.78, 5) is 22.1. The van der Waals surface area contributed by atoms with E-state index in [1.165, 1.54) is 18.2 Å². The summed E-state index contributed by atoms with van der Waals surface area (Å²) in [6.45, 7) is 1.31. The molecule has 1 fully saturated rings. The number of carbonyl (C=O) groups is 1. The van der Waals surface area contributed by atoms with E-state index in [2.05, 4.69) is 11.4 Å². The molecule has 1 aromatic carbocycles. The van der Waals surface area contributed by atoms with E-state index >= 15 is 0 Å². The third-order valence-corrected chi connectivity index (χ3v) is 3.45. The van der Waals surface area contributed by atoms with Crippen LogP contribution in [0.1, 0.15) is 19.8 Å². The van der Waals surface area contributed by atoms with E-state index in [9.17, 15) is 14.9 Å². The van der Waals surface area contributed by atoms with Crippen LogP contribution in [0.5, 0.6) is 5.75 Å². The van der Waals surface area contributed by atoms with Crippen LogP contribution in [0.25, 0.3) is 0 Å². The molecule has 1 atom stereocenters. The Morgan fingerprint density at radius 3 is 2.81 bits per heavy atom. The monoisotopic (exact) mass is 289 g/mol. The van der Waals surface area contributed by atoms with Gasteiger partial charge in [0.25, 0.3) is 5.91 Å². The maximum absolute atomic E-state index is 11.8. The minimum absolute atomic E-state index is 0.0303. The molecule has 0 heterocycles. The number of hydrogen-bond donors (Lipinski definition) is 1. The average Bonchev–Trinajstić information content (AvgIpc) is 3.30. The molecule has 1 aliphatic carbocycles. The van der Waals surface area contributed by atoms with Crippen LogP contribution in [0.15, 0.2) is 24.3 Å². The Kier molecular flexibility index (Phi) is 4.08. The summed E-state index contributed by atoms with van der Waals surface area (Å²) in [5.74, 6) is -0.274. The lowest BCUT2D eigenvalue weighted by Crippen LogP contribution is -2.48. The molecule has 0 aromatic heterocycles. The van der Waals surface area contributed by atoms with Crippen LogP contribution >= 0.6 is 0 Å². The second kappa shape index (κ2) is 5.79. The third-order valence-electron chi connectivity index (χ3n) is 3.45. The van der Waals surface area contributed by atoms with Crippen LogP contribution in [0, 0.1) is 27.4 Å². The minimum Gasteiger partial charge on any atom is -0.477 e. The largest absolute Gasteiger partial charge is 0.477 e. The Morgan fingerprint density at radius 2 is 2.24 bits per heavy atom. The van der Waals surface area contributed by atoms with Crippen LogP contribution in [0.2, 0.25) is 0 Å². The minimum atomic E-state index is -0.900. The van der Waals surface area contributed by atoms with Crippen molar-refractivity contribution in [1.29, 1.82) is 5.26 Å². The van der Waals surface area contributed by atoms with E-state index in [-0.39, 0.29) is 24.0 Å². The van der Waals surface area contributed by atoms with Gasteiger partial charge < -0.3 is 10.1 Å². The van der Waals surface area contributed by atoms with Gasteiger partial charge in [-0.2, -0.15) is 5.26 Å². The molecule has 0 bridgehead atoms. The fourth-order valence-electron chi connectivity index (χ4n) is 2.08. The zero-order valence-electron chi connectivity index (χ0n) is 11.5. The molecular weight excluding hydrogens is 274 g/mol. The van der Waals surface area contributed by atoms with Crippen LogP contribution < -0.4 is 10.1 Å². The molecule has 7 nitrogen and oxygen atoms in total. The highest BCUT2D eigenvalue weighted by Gasteiger charge is 2.43. The molecule has 1 saturated carbocycles. The number of carbonyl (C=O) groups excluding carboxylic acids is 1. The highest BCUT2D eigenvalue weighted by Crippen LogP contribution is 2.39. The normalized spacial score (nSPS) is 16.4. The number of nitro benzene ring substituents is 1. The lowest BCUT2D eigenvalue weighted by atomic mass is 9.98. The van der Waals surface area contributed by atoms with Crippen molar-refractivity contribution in [3.05, 3.63) is 34.4 Å². The van der Waals surface area contributed by atoms with Crippen molar-refractivity contribution >= 4 is 11.6 Å².